The van der Waals surface area contributed by atoms with Crippen LogP contribution in [0.4, 0.5) is 5.69 Å². The highest BCUT2D eigenvalue weighted by molar-refractivity contribution is 7.92. The molecule has 1 aliphatic rings. The number of benzene rings is 2. The van der Waals surface area contributed by atoms with Crippen molar-refractivity contribution < 1.29 is 13.2 Å². The maximum Gasteiger partial charge on any atom is 0.243 e. The normalized spacial score (nSPS) is 15.3. The van der Waals surface area contributed by atoms with Crippen LogP contribution in [0.1, 0.15) is 24.0 Å². The molecule has 0 spiro atoms. The van der Waals surface area contributed by atoms with Gasteiger partial charge in [0.05, 0.1) is 11.9 Å². The van der Waals surface area contributed by atoms with E-state index >= 15 is 0 Å². The monoisotopic (exact) mass is 434 g/mol. The molecule has 1 heterocycles. The summed E-state index contributed by atoms with van der Waals surface area (Å²) < 4.78 is 25.9. The summed E-state index contributed by atoms with van der Waals surface area (Å²) in [4.78, 5) is 14.6. The topological polar surface area (TPSA) is 57.7 Å². The van der Waals surface area contributed by atoms with Crippen LogP contribution in [0.3, 0.4) is 0 Å². The number of piperidine rings is 1. The molecule has 3 rings (SSSR count). The number of nitrogens with zero attached hydrogens (tertiary/aromatic N) is 2. The fraction of sp³-hybridized carbons (Fsp3) is 0.409. The lowest BCUT2D eigenvalue weighted by molar-refractivity contribution is -0.130. The van der Waals surface area contributed by atoms with Crippen molar-refractivity contribution in [3.8, 4) is 0 Å². The van der Waals surface area contributed by atoms with Crippen molar-refractivity contribution in [2.75, 3.05) is 30.2 Å². The van der Waals surface area contributed by atoms with Gasteiger partial charge in [-0.05, 0) is 61.4 Å². The van der Waals surface area contributed by atoms with Gasteiger partial charge in [0.25, 0.3) is 0 Å². The molecule has 0 radical (unpaired) electrons. The molecule has 1 amide bonds. The first-order valence-electron chi connectivity index (χ1n) is 9.79. The van der Waals surface area contributed by atoms with Gasteiger partial charge in [0, 0.05) is 18.1 Å². The lowest BCUT2D eigenvalue weighted by atomic mass is 9.90. The first-order chi connectivity index (χ1) is 13.7. The molecule has 0 aliphatic carbocycles. The standard InChI is InChI=1S/C22H27ClN2O3S/c1-17-14-20(23)8-9-21(17)25(29(2,27)28)16-22(26)24-12-10-19(11-13-24)15-18-6-4-3-5-7-18/h3-9,14,19H,10-13,15-16H2,1-2H3. The third-order valence-corrected chi connectivity index (χ3v) is 6.80. The van der Waals surface area contributed by atoms with Gasteiger partial charge in [-0.15, -0.1) is 0 Å². The molecule has 2 aromatic carbocycles. The van der Waals surface area contributed by atoms with Gasteiger partial charge in [0.1, 0.15) is 6.54 Å². The van der Waals surface area contributed by atoms with Crippen molar-refractivity contribution in [1.29, 1.82) is 0 Å². The molecule has 156 valence electrons. The van der Waals surface area contributed by atoms with Crippen molar-refractivity contribution in [3.63, 3.8) is 0 Å². The van der Waals surface area contributed by atoms with Crippen molar-refractivity contribution in [2.24, 2.45) is 5.92 Å². The van der Waals surface area contributed by atoms with Crippen LogP contribution >= 0.6 is 11.6 Å². The Morgan fingerprint density at radius 3 is 2.38 bits per heavy atom. The van der Waals surface area contributed by atoms with E-state index in [2.05, 4.69) is 12.1 Å². The maximum atomic E-state index is 12.9. The lowest BCUT2D eigenvalue weighted by Gasteiger charge is -2.34. The van der Waals surface area contributed by atoms with E-state index in [9.17, 15) is 13.2 Å². The molecular formula is C22H27ClN2O3S. The van der Waals surface area contributed by atoms with Crippen molar-refractivity contribution >= 4 is 33.2 Å². The molecule has 0 atom stereocenters. The van der Waals surface area contributed by atoms with Gasteiger partial charge in [-0.1, -0.05) is 41.9 Å². The molecule has 0 bridgehead atoms. The molecule has 5 nitrogen and oxygen atoms in total. The smallest absolute Gasteiger partial charge is 0.243 e. The number of anilines is 1. The van der Waals surface area contributed by atoms with Crippen molar-refractivity contribution in [2.45, 2.75) is 26.2 Å². The fourth-order valence-electron chi connectivity index (χ4n) is 3.84. The Bertz CT molecular complexity index is 955. The van der Waals surface area contributed by atoms with E-state index in [0.717, 1.165) is 31.1 Å². The number of carbonyl (C=O) groups is 1. The van der Waals surface area contributed by atoms with Gasteiger partial charge in [0.2, 0.25) is 15.9 Å². The molecule has 0 unspecified atom stereocenters. The zero-order valence-electron chi connectivity index (χ0n) is 16.8. The molecule has 7 heteroatoms. The first kappa shape index (κ1) is 21.7. The summed E-state index contributed by atoms with van der Waals surface area (Å²) >= 11 is 5.99. The highest BCUT2D eigenvalue weighted by atomic mass is 35.5. The summed E-state index contributed by atoms with van der Waals surface area (Å²) in [7, 11) is -3.60. The summed E-state index contributed by atoms with van der Waals surface area (Å²) in [5.74, 6) is 0.383. The summed E-state index contributed by atoms with van der Waals surface area (Å²) in [5, 5.41) is 0.534. The zero-order chi connectivity index (χ0) is 21.0. The molecular weight excluding hydrogens is 408 g/mol. The Morgan fingerprint density at radius 2 is 1.79 bits per heavy atom. The third kappa shape index (κ3) is 5.73. The quantitative estimate of drug-likeness (QED) is 0.692. The largest absolute Gasteiger partial charge is 0.341 e. The van der Waals surface area contributed by atoms with Crippen LogP contribution in [0.25, 0.3) is 0 Å². The Hall–Kier alpha value is -2.05. The molecule has 2 aromatic rings. The second kappa shape index (κ2) is 9.18. The van der Waals surface area contributed by atoms with E-state index < -0.39 is 10.0 Å². The van der Waals surface area contributed by atoms with Gasteiger partial charge < -0.3 is 4.90 Å². The summed E-state index contributed by atoms with van der Waals surface area (Å²) in [6, 6.07) is 15.4. The van der Waals surface area contributed by atoms with E-state index in [4.69, 9.17) is 11.6 Å². The SMILES string of the molecule is Cc1cc(Cl)ccc1N(CC(=O)N1CCC(Cc2ccccc2)CC1)S(C)(=O)=O. The second-order valence-corrected chi connectivity index (χ2v) is 10.1. The van der Waals surface area contributed by atoms with Crippen LogP contribution in [0.15, 0.2) is 48.5 Å². The summed E-state index contributed by atoms with van der Waals surface area (Å²) in [6.07, 6.45) is 4.00. The number of rotatable bonds is 6. The van der Waals surface area contributed by atoms with Crippen LogP contribution in [0.2, 0.25) is 5.02 Å². The lowest BCUT2D eigenvalue weighted by Crippen LogP contribution is -2.46. The Morgan fingerprint density at radius 1 is 1.14 bits per heavy atom. The minimum absolute atomic E-state index is 0.164. The van der Waals surface area contributed by atoms with E-state index in [-0.39, 0.29) is 12.5 Å². The van der Waals surface area contributed by atoms with Crippen molar-refractivity contribution in [3.05, 3.63) is 64.7 Å². The Labute approximate surface area is 178 Å². The van der Waals surface area contributed by atoms with E-state index in [1.807, 2.05) is 18.2 Å². The average molecular weight is 435 g/mol. The number of aryl methyl sites for hydroxylation is 1. The molecule has 0 N–H and O–H groups in total. The molecule has 1 aliphatic heterocycles. The van der Waals surface area contributed by atoms with Gasteiger partial charge in [0.15, 0.2) is 0 Å². The molecule has 0 saturated carbocycles. The van der Waals surface area contributed by atoms with Crippen LogP contribution in [-0.2, 0) is 21.2 Å². The highest BCUT2D eigenvalue weighted by Crippen LogP contribution is 2.26. The Kier molecular flexibility index (Phi) is 6.85. The number of carbonyl (C=O) groups excluding carboxylic acids is 1. The van der Waals surface area contributed by atoms with E-state index in [1.54, 1.807) is 30.0 Å². The van der Waals surface area contributed by atoms with Crippen molar-refractivity contribution in [1.82, 2.24) is 4.90 Å². The van der Waals surface area contributed by atoms with Gasteiger partial charge >= 0.3 is 0 Å². The minimum atomic E-state index is -3.60. The van der Waals surface area contributed by atoms with Crippen LogP contribution in [-0.4, -0.2) is 45.1 Å². The van der Waals surface area contributed by atoms with Crippen LogP contribution in [0.5, 0.6) is 0 Å². The Balaban J connectivity index is 1.63. The van der Waals surface area contributed by atoms with Crippen LogP contribution in [0, 0.1) is 12.8 Å². The minimum Gasteiger partial charge on any atom is -0.341 e. The highest BCUT2D eigenvalue weighted by Gasteiger charge is 2.28. The predicted octanol–water partition coefficient (Wildman–Crippen LogP) is 3.90. The third-order valence-electron chi connectivity index (χ3n) is 5.44. The van der Waals surface area contributed by atoms with Gasteiger partial charge in [-0.2, -0.15) is 0 Å². The summed E-state index contributed by atoms with van der Waals surface area (Å²) in [6.45, 7) is 2.92. The second-order valence-electron chi connectivity index (χ2n) is 7.71. The predicted molar refractivity (Wildman–Crippen MR) is 118 cm³/mol. The average Bonchev–Trinajstić information content (AvgIpc) is 2.67. The van der Waals surface area contributed by atoms with E-state index in [0.29, 0.717) is 29.7 Å². The summed E-state index contributed by atoms with van der Waals surface area (Å²) in [5.41, 5.74) is 2.53. The van der Waals surface area contributed by atoms with E-state index in [1.165, 1.54) is 9.87 Å². The van der Waals surface area contributed by atoms with Gasteiger partial charge in [-0.3, -0.25) is 9.10 Å². The number of likely N-dealkylation sites (tertiary alicyclic amines) is 1. The number of hydrogen-bond acceptors (Lipinski definition) is 3. The maximum absolute atomic E-state index is 12.9. The number of halogens is 1. The molecule has 1 saturated heterocycles. The number of hydrogen-bond donors (Lipinski definition) is 0. The molecule has 0 aromatic heterocycles. The number of amides is 1. The molecule has 29 heavy (non-hydrogen) atoms. The first-order valence-corrected chi connectivity index (χ1v) is 12.0. The fourth-order valence-corrected chi connectivity index (χ4v) is 4.97. The zero-order valence-corrected chi connectivity index (χ0v) is 18.4. The van der Waals surface area contributed by atoms with Crippen LogP contribution < -0.4 is 4.31 Å². The van der Waals surface area contributed by atoms with Gasteiger partial charge in [-0.25, -0.2) is 8.42 Å². The number of sulfonamides is 1. The molecule has 1 fully saturated rings.